The van der Waals surface area contributed by atoms with Gasteiger partial charge in [-0.2, -0.15) is 0 Å². The molecule has 1 amide bonds. The summed E-state index contributed by atoms with van der Waals surface area (Å²) in [5.41, 5.74) is 4.23. The zero-order valence-electron chi connectivity index (χ0n) is 18.1. The number of benzene rings is 1. The van der Waals surface area contributed by atoms with Crippen LogP contribution in [-0.4, -0.2) is 45.0 Å². The van der Waals surface area contributed by atoms with Crippen LogP contribution in [0.4, 0.5) is 5.82 Å². The first-order chi connectivity index (χ1) is 16.0. The van der Waals surface area contributed by atoms with Crippen LogP contribution in [0.25, 0.3) is 16.6 Å². The SMILES string of the molecule is C.Cc1cc2c(cc1C(=O)N1CCc3cc(Br)cnc31)[nH]c(=O)c1cnc(C3CCOCC3)n12. The van der Waals surface area contributed by atoms with Crippen molar-refractivity contribution in [1.82, 2.24) is 19.4 Å². The van der Waals surface area contributed by atoms with Crippen LogP contribution in [0.2, 0.25) is 0 Å². The molecule has 0 unspecified atom stereocenters. The number of aromatic amines is 1. The number of carbonyl (C=O) groups is 1. The highest BCUT2D eigenvalue weighted by Gasteiger charge is 2.29. The minimum absolute atomic E-state index is 0. The third-order valence-electron chi connectivity index (χ3n) is 6.69. The molecule has 0 aliphatic carbocycles. The van der Waals surface area contributed by atoms with Gasteiger partial charge in [0.1, 0.15) is 17.2 Å². The number of anilines is 1. The predicted molar refractivity (Wildman–Crippen MR) is 135 cm³/mol. The molecule has 1 saturated heterocycles. The number of pyridine rings is 1. The van der Waals surface area contributed by atoms with Crippen LogP contribution in [0.1, 0.15) is 53.5 Å². The van der Waals surface area contributed by atoms with Crippen LogP contribution in [0.5, 0.6) is 0 Å². The highest BCUT2D eigenvalue weighted by atomic mass is 79.9. The number of H-pyrrole nitrogens is 1. The monoisotopic (exact) mass is 523 g/mol. The second-order valence-electron chi connectivity index (χ2n) is 8.71. The number of hydrogen-bond donors (Lipinski definition) is 1. The van der Waals surface area contributed by atoms with Crippen LogP contribution >= 0.6 is 15.9 Å². The van der Waals surface area contributed by atoms with E-state index >= 15 is 0 Å². The van der Waals surface area contributed by atoms with Crippen molar-refractivity contribution in [3.05, 3.63) is 67.9 Å². The van der Waals surface area contributed by atoms with Crippen molar-refractivity contribution in [2.45, 2.75) is 39.5 Å². The summed E-state index contributed by atoms with van der Waals surface area (Å²) in [5, 5.41) is 0. The minimum atomic E-state index is -0.214. The van der Waals surface area contributed by atoms with E-state index in [0.29, 0.717) is 42.2 Å². The molecule has 1 N–H and O–H groups in total. The van der Waals surface area contributed by atoms with E-state index < -0.39 is 0 Å². The summed E-state index contributed by atoms with van der Waals surface area (Å²) in [4.78, 5) is 40.1. The Hall–Kier alpha value is -3.04. The molecular formula is C25H26BrN5O3. The summed E-state index contributed by atoms with van der Waals surface area (Å²) in [6, 6.07) is 5.77. The van der Waals surface area contributed by atoms with E-state index in [0.717, 1.165) is 46.2 Å². The molecule has 9 heteroatoms. The lowest BCUT2D eigenvalue weighted by molar-refractivity contribution is 0.0835. The number of nitrogens with one attached hydrogen (secondary N) is 1. The molecule has 0 saturated carbocycles. The lowest BCUT2D eigenvalue weighted by Crippen LogP contribution is -2.30. The fraction of sp³-hybridized carbons (Fsp3) is 0.360. The number of ether oxygens (including phenoxy) is 1. The average Bonchev–Trinajstić information content (AvgIpc) is 3.44. The molecule has 8 nitrogen and oxygen atoms in total. The van der Waals surface area contributed by atoms with Gasteiger partial charge in [-0.3, -0.25) is 18.9 Å². The Morgan fingerprint density at radius 3 is 2.74 bits per heavy atom. The number of aromatic nitrogens is 4. The van der Waals surface area contributed by atoms with Gasteiger partial charge in [0.25, 0.3) is 11.5 Å². The molecule has 1 aromatic carbocycles. The second kappa shape index (κ2) is 8.63. The van der Waals surface area contributed by atoms with Gasteiger partial charge >= 0.3 is 0 Å². The van der Waals surface area contributed by atoms with Crippen molar-refractivity contribution in [3.8, 4) is 0 Å². The number of carbonyl (C=O) groups excluding carboxylic acids is 1. The fourth-order valence-electron chi connectivity index (χ4n) is 5.00. The van der Waals surface area contributed by atoms with E-state index in [1.54, 1.807) is 23.4 Å². The summed E-state index contributed by atoms with van der Waals surface area (Å²) < 4.78 is 8.36. The van der Waals surface area contributed by atoms with Gasteiger partial charge in [0.15, 0.2) is 0 Å². The minimum Gasteiger partial charge on any atom is -0.381 e. The number of hydrogen-bond acceptors (Lipinski definition) is 5. The number of rotatable bonds is 2. The Labute approximate surface area is 205 Å². The Bertz CT molecular complexity index is 1490. The average molecular weight is 524 g/mol. The van der Waals surface area contributed by atoms with Gasteiger partial charge in [0, 0.05) is 41.9 Å². The zero-order valence-corrected chi connectivity index (χ0v) is 19.7. The zero-order chi connectivity index (χ0) is 22.7. The van der Waals surface area contributed by atoms with Gasteiger partial charge in [-0.15, -0.1) is 0 Å². The van der Waals surface area contributed by atoms with Gasteiger partial charge < -0.3 is 9.72 Å². The van der Waals surface area contributed by atoms with Crippen LogP contribution < -0.4 is 10.5 Å². The second-order valence-corrected chi connectivity index (χ2v) is 9.62. The van der Waals surface area contributed by atoms with E-state index in [9.17, 15) is 9.59 Å². The van der Waals surface area contributed by atoms with E-state index in [4.69, 9.17) is 4.74 Å². The van der Waals surface area contributed by atoms with Gasteiger partial charge in [-0.05, 0) is 71.4 Å². The molecule has 0 atom stereocenters. The number of halogens is 1. The number of amides is 1. The summed E-state index contributed by atoms with van der Waals surface area (Å²) in [5.74, 6) is 1.70. The van der Waals surface area contributed by atoms with E-state index in [1.807, 2.05) is 23.5 Å². The molecule has 6 rings (SSSR count). The van der Waals surface area contributed by atoms with Gasteiger partial charge in [-0.25, -0.2) is 9.97 Å². The summed E-state index contributed by atoms with van der Waals surface area (Å²) in [7, 11) is 0. The largest absolute Gasteiger partial charge is 0.381 e. The first-order valence-electron chi connectivity index (χ1n) is 11.1. The molecular weight excluding hydrogens is 498 g/mol. The van der Waals surface area contributed by atoms with Crippen molar-refractivity contribution in [2.75, 3.05) is 24.7 Å². The van der Waals surface area contributed by atoms with Gasteiger partial charge in [-0.1, -0.05) is 7.43 Å². The number of imidazole rings is 1. The third-order valence-corrected chi connectivity index (χ3v) is 7.12. The van der Waals surface area contributed by atoms with Crippen molar-refractivity contribution >= 4 is 44.2 Å². The Morgan fingerprint density at radius 1 is 1.15 bits per heavy atom. The Kier molecular flexibility index (Phi) is 5.77. The molecule has 3 aromatic heterocycles. The summed E-state index contributed by atoms with van der Waals surface area (Å²) >= 11 is 3.45. The van der Waals surface area contributed by atoms with Crippen LogP contribution in [0.15, 0.2) is 39.9 Å². The molecule has 0 spiro atoms. The summed E-state index contributed by atoms with van der Waals surface area (Å²) in [6.45, 7) is 3.90. The Morgan fingerprint density at radius 2 is 1.94 bits per heavy atom. The molecule has 1 fully saturated rings. The molecule has 5 heterocycles. The van der Waals surface area contributed by atoms with Crippen molar-refractivity contribution < 1.29 is 9.53 Å². The van der Waals surface area contributed by atoms with Crippen LogP contribution in [0, 0.1) is 6.92 Å². The lowest BCUT2D eigenvalue weighted by atomic mass is 9.99. The number of fused-ring (bicyclic) bond motifs is 4. The van der Waals surface area contributed by atoms with Crippen LogP contribution in [-0.2, 0) is 11.2 Å². The maximum Gasteiger partial charge on any atom is 0.274 e. The van der Waals surface area contributed by atoms with Crippen molar-refractivity contribution in [1.29, 1.82) is 0 Å². The fourth-order valence-corrected chi connectivity index (χ4v) is 5.38. The Balaban J connectivity index is 0.00000241. The molecule has 2 aliphatic heterocycles. The van der Waals surface area contributed by atoms with Crippen molar-refractivity contribution in [3.63, 3.8) is 0 Å². The first-order valence-corrected chi connectivity index (χ1v) is 11.9. The quantitative estimate of drug-likeness (QED) is 0.421. The molecule has 34 heavy (non-hydrogen) atoms. The lowest BCUT2D eigenvalue weighted by Gasteiger charge is -2.22. The van der Waals surface area contributed by atoms with E-state index in [2.05, 4.69) is 30.9 Å². The number of aryl methyl sites for hydroxylation is 1. The van der Waals surface area contributed by atoms with E-state index in [-0.39, 0.29) is 24.8 Å². The topological polar surface area (TPSA) is 92.6 Å². The van der Waals surface area contributed by atoms with Crippen molar-refractivity contribution in [2.24, 2.45) is 0 Å². The molecule has 0 radical (unpaired) electrons. The predicted octanol–water partition coefficient (Wildman–Crippen LogP) is 4.37. The van der Waals surface area contributed by atoms with Crippen LogP contribution in [0.3, 0.4) is 0 Å². The first kappa shape index (κ1) is 22.7. The molecule has 2 aliphatic rings. The standard InChI is InChI=1S/C24H22BrN5O3.CH4/c1-13-8-19-18(10-17(13)24(32)29-5-2-15-9-16(25)11-26-21(15)29)28-23(31)20-12-27-22(30(19)20)14-3-6-33-7-4-14;/h8-12,14H,2-7H2,1H3,(H,28,31);1H4. The smallest absolute Gasteiger partial charge is 0.274 e. The van der Waals surface area contributed by atoms with E-state index in [1.165, 1.54) is 0 Å². The highest BCUT2D eigenvalue weighted by Crippen LogP contribution is 2.32. The van der Waals surface area contributed by atoms with Gasteiger partial charge in [0.2, 0.25) is 0 Å². The molecule has 176 valence electrons. The maximum atomic E-state index is 13.5. The number of nitrogens with zero attached hydrogens (tertiary/aromatic N) is 4. The van der Waals surface area contributed by atoms with Gasteiger partial charge in [0.05, 0.1) is 17.2 Å². The molecule has 0 bridgehead atoms. The highest BCUT2D eigenvalue weighted by molar-refractivity contribution is 9.10. The normalized spacial score (nSPS) is 16.1. The maximum absolute atomic E-state index is 13.5. The summed E-state index contributed by atoms with van der Waals surface area (Å²) in [6.07, 6.45) is 5.87. The molecule has 4 aromatic rings. The third kappa shape index (κ3) is 3.54.